The summed E-state index contributed by atoms with van der Waals surface area (Å²) in [6.07, 6.45) is 0. The van der Waals surface area contributed by atoms with E-state index in [2.05, 4.69) is 16.9 Å². The molecule has 0 saturated carbocycles. The van der Waals surface area contributed by atoms with E-state index in [0.29, 0.717) is 5.69 Å². The number of hydrogen-bond donors (Lipinski definition) is 2. The molecule has 2 aromatic rings. The number of aromatic amines is 1. The van der Waals surface area contributed by atoms with E-state index in [9.17, 15) is 4.79 Å². The van der Waals surface area contributed by atoms with E-state index < -0.39 is 0 Å². The van der Waals surface area contributed by atoms with Crippen LogP contribution in [-0.4, -0.2) is 15.7 Å². The third-order valence-electron chi connectivity index (χ3n) is 2.22. The molecule has 17 heavy (non-hydrogen) atoms. The number of nitrogen functional groups attached to an aromatic ring is 1. The largest absolute Gasteiger partial charge is 0.369 e. The van der Waals surface area contributed by atoms with Crippen molar-refractivity contribution in [3.63, 3.8) is 0 Å². The van der Waals surface area contributed by atoms with E-state index in [0.717, 1.165) is 11.3 Å². The van der Waals surface area contributed by atoms with Gasteiger partial charge >= 0.3 is 0 Å². The zero-order chi connectivity index (χ0) is 12.3. The van der Waals surface area contributed by atoms with Crippen LogP contribution in [0.25, 0.3) is 11.3 Å². The lowest BCUT2D eigenvalue weighted by molar-refractivity contribution is 1.14. The van der Waals surface area contributed by atoms with E-state index in [-0.39, 0.29) is 11.5 Å². The number of thioether (sulfide) groups is 1. The van der Waals surface area contributed by atoms with Gasteiger partial charge in [0.05, 0.1) is 5.69 Å². The highest BCUT2D eigenvalue weighted by atomic mass is 32.2. The van der Waals surface area contributed by atoms with Gasteiger partial charge in [-0.15, -0.1) is 11.8 Å². The summed E-state index contributed by atoms with van der Waals surface area (Å²) < 4.78 is 0. The topological polar surface area (TPSA) is 71.8 Å². The Balaban J connectivity index is 2.36. The van der Waals surface area contributed by atoms with Crippen LogP contribution in [0.15, 0.2) is 40.0 Å². The number of nitrogens with one attached hydrogen (secondary N) is 1. The van der Waals surface area contributed by atoms with Crippen molar-refractivity contribution in [3.8, 4) is 11.3 Å². The fourth-order valence-corrected chi connectivity index (χ4v) is 2.17. The molecule has 0 unspecified atom stereocenters. The minimum absolute atomic E-state index is 0.138. The maximum Gasteiger partial charge on any atom is 0.252 e. The molecule has 1 heterocycles. The summed E-state index contributed by atoms with van der Waals surface area (Å²) in [5.41, 5.74) is 6.76. The molecule has 5 heteroatoms. The van der Waals surface area contributed by atoms with Crippen molar-refractivity contribution >= 4 is 17.7 Å². The number of rotatable bonds is 3. The Hall–Kier alpha value is -1.75. The fourth-order valence-electron chi connectivity index (χ4n) is 1.51. The molecule has 0 aliphatic heterocycles. The minimum atomic E-state index is -0.237. The molecule has 1 aromatic carbocycles. The van der Waals surface area contributed by atoms with Gasteiger partial charge in [0, 0.05) is 16.5 Å². The van der Waals surface area contributed by atoms with Crippen molar-refractivity contribution in [2.75, 3.05) is 11.5 Å². The summed E-state index contributed by atoms with van der Waals surface area (Å²) >= 11 is 1.77. The number of nitrogens with zero attached hydrogens (tertiary/aromatic N) is 1. The van der Waals surface area contributed by atoms with Crippen molar-refractivity contribution in [1.82, 2.24) is 9.97 Å². The van der Waals surface area contributed by atoms with Crippen LogP contribution >= 0.6 is 11.8 Å². The zero-order valence-electron chi connectivity index (χ0n) is 9.43. The van der Waals surface area contributed by atoms with Crippen LogP contribution in [0.1, 0.15) is 6.92 Å². The first-order valence-corrected chi connectivity index (χ1v) is 6.27. The highest BCUT2D eigenvalue weighted by Crippen LogP contribution is 2.22. The molecule has 0 fully saturated rings. The van der Waals surface area contributed by atoms with Crippen molar-refractivity contribution in [3.05, 3.63) is 40.7 Å². The van der Waals surface area contributed by atoms with Gasteiger partial charge in [0.2, 0.25) is 5.95 Å². The third-order valence-corrected chi connectivity index (χ3v) is 3.12. The van der Waals surface area contributed by atoms with Crippen molar-refractivity contribution in [2.45, 2.75) is 11.8 Å². The average molecular weight is 247 g/mol. The monoisotopic (exact) mass is 247 g/mol. The molecule has 0 saturated heterocycles. The number of H-pyrrole nitrogens is 1. The van der Waals surface area contributed by atoms with Gasteiger partial charge in [-0.2, -0.15) is 0 Å². The molecule has 1 aromatic heterocycles. The molecule has 0 atom stereocenters. The summed E-state index contributed by atoms with van der Waals surface area (Å²) in [5.74, 6) is 1.18. The number of nitrogens with two attached hydrogens (primary N) is 1. The fraction of sp³-hybridized carbons (Fsp3) is 0.167. The van der Waals surface area contributed by atoms with Gasteiger partial charge in [-0.05, 0) is 17.9 Å². The van der Waals surface area contributed by atoms with E-state index in [1.54, 1.807) is 11.8 Å². The summed E-state index contributed by atoms with van der Waals surface area (Å²) in [6, 6.07) is 9.36. The highest BCUT2D eigenvalue weighted by molar-refractivity contribution is 7.99. The summed E-state index contributed by atoms with van der Waals surface area (Å²) in [4.78, 5) is 19.0. The van der Waals surface area contributed by atoms with Crippen LogP contribution in [0.2, 0.25) is 0 Å². The van der Waals surface area contributed by atoms with E-state index in [4.69, 9.17) is 5.73 Å². The smallest absolute Gasteiger partial charge is 0.252 e. The SMILES string of the molecule is CCSc1ccc(-c2cc(=O)[nH]c(N)n2)cc1. The van der Waals surface area contributed by atoms with Gasteiger partial charge in [-0.3, -0.25) is 9.78 Å². The van der Waals surface area contributed by atoms with Crippen molar-refractivity contribution in [1.29, 1.82) is 0 Å². The first kappa shape index (κ1) is 11.7. The maximum absolute atomic E-state index is 11.3. The molecule has 0 bridgehead atoms. The third kappa shape index (κ3) is 2.88. The Morgan fingerprint density at radius 2 is 2.06 bits per heavy atom. The van der Waals surface area contributed by atoms with E-state index >= 15 is 0 Å². The molecule has 0 amide bonds. The predicted molar refractivity (Wildman–Crippen MR) is 71.1 cm³/mol. The molecule has 4 nitrogen and oxygen atoms in total. The van der Waals surface area contributed by atoms with Crippen molar-refractivity contribution < 1.29 is 0 Å². The first-order chi connectivity index (χ1) is 8.19. The van der Waals surface area contributed by atoms with Gasteiger partial charge in [-0.25, -0.2) is 4.98 Å². The number of aromatic nitrogens is 2. The Kier molecular flexibility index (Phi) is 3.49. The van der Waals surface area contributed by atoms with Crippen LogP contribution in [0, 0.1) is 0 Å². The van der Waals surface area contributed by atoms with Gasteiger partial charge in [0.1, 0.15) is 0 Å². The molecule has 0 aliphatic carbocycles. The van der Waals surface area contributed by atoms with Crippen LogP contribution < -0.4 is 11.3 Å². The molecular formula is C12H13N3OS. The molecule has 0 spiro atoms. The molecule has 3 N–H and O–H groups in total. The van der Waals surface area contributed by atoms with Gasteiger partial charge in [0.15, 0.2) is 0 Å². The molecule has 0 aliphatic rings. The van der Waals surface area contributed by atoms with E-state index in [1.807, 2.05) is 24.3 Å². The van der Waals surface area contributed by atoms with Gasteiger partial charge in [0.25, 0.3) is 5.56 Å². The summed E-state index contributed by atoms with van der Waals surface area (Å²) in [5, 5.41) is 0. The Bertz CT molecular complexity index is 563. The van der Waals surface area contributed by atoms with Crippen LogP contribution in [0.3, 0.4) is 0 Å². The quantitative estimate of drug-likeness (QED) is 0.815. The Morgan fingerprint density at radius 3 is 2.65 bits per heavy atom. The predicted octanol–water partition coefficient (Wildman–Crippen LogP) is 2.13. The lowest BCUT2D eigenvalue weighted by Crippen LogP contribution is -2.10. The number of benzene rings is 1. The van der Waals surface area contributed by atoms with Gasteiger partial charge < -0.3 is 5.73 Å². The lowest BCUT2D eigenvalue weighted by atomic mass is 10.1. The Labute approximate surface area is 103 Å². The second-order valence-corrected chi connectivity index (χ2v) is 4.81. The molecule has 0 radical (unpaired) electrons. The maximum atomic E-state index is 11.3. The lowest BCUT2D eigenvalue weighted by Gasteiger charge is -2.03. The standard InChI is InChI=1S/C12H13N3OS/c1-2-17-9-5-3-8(4-6-9)10-7-11(16)15-12(13)14-10/h3-7H,2H2,1H3,(H3,13,14,15,16). The zero-order valence-corrected chi connectivity index (χ0v) is 10.3. The van der Waals surface area contributed by atoms with Crippen molar-refractivity contribution in [2.24, 2.45) is 0 Å². The first-order valence-electron chi connectivity index (χ1n) is 5.29. The normalized spacial score (nSPS) is 10.4. The average Bonchev–Trinajstić information content (AvgIpc) is 2.29. The van der Waals surface area contributed by atoms with Gasteiger partial charge in [-0.1, -0.05) is 19.1 Å². The summed E-state index contributed by atoms with van der Waals surface area (Å²) in [7, 11) is 0. The van der Waals surface area contributed by atoms with E-state index in [1.165, 1.54) is 11.0 Å². The second-order valence-electron chi connectivity index (χ2n) is 3.47. The molecular weight excluding hydrogens is 234 g/mol. The number of hydrogen-bond acceptors (Lipinski definition) is 4. The second kappa shape index (κ2) is 5.05. The van der Waals surface area contributed by atoms with Crippen LogP contribution in [0.4, 0.5) is 5.95 Å². The molecule has 2 rings (SSSR count). The molecule has 88 valence electrons. The Morgan fingerprint density at radius 1 is 1.35 bits per heavy atom. The minimum Gasteiger partial charge on any atom is -0.369 e. The van der Waals surface area contributed by atoms with Crippen LogP contribution in [-0.2, 0) is 0 Å². The highest BCUT2D eigenvalue weighted by Gasteiger charge is 2.02. The van der Waals surface area contributed by atoms with Crippen LogP contribution in [0.5, 0.6) is 0 Å². The number of anilines is 1. The summed E-state index contributed by atoms with van der Waals surface area (Å²) in [6.45, 7) is 2.11.